The van der Waals surface area contributed by atoms with Crippen LogP contribution < -0.4 is 4.18 Å². The van der Waals surface area contributed by atoms with Crippen LogP contribution in [0.3, 0.4) is 0 Å². The van der Waals surface area contributed by atoms with E-state index in [2.05, 4.69) is 15.9 Å². The van der Waals surface area contributed by atoms with E-state index in [0.29, 0.717) is 5.56 Å². The van der Waals surface area contributed by atoms with E-state index in [1.807, 2.05) is 24.3 Å². The maximum absolute atomic E-state index is 12.3. The third-order valence-electron chi connectivity index (χ3n) is 2.39. The lowest BCUT2D eigenvalue weighted by Crippen LogP contribution is -2.11. The summed E-state index contributed by atoms with van der Waals surface area (Å²) in [5, 5.41) is 0. The van der Waals surface area contributed by atoms with E-state index in [9.17, 15) is 12.8 Å². The molecule has 0 aliphatic heterocycles. The van der Waals surface area contributed by atoms with Gasteiger partial charge in [0.2, 0.25) is 6.01 Å². The fourth-order valence-electron chi connectivity index (χ4n) is 1.57. The highest BCUT2D eigenvalue weighted by molar-refractivity contribution is 9.10. The minimum absolute atomic E-state index is 0.113. The van der Waals surface area contributed by atoms with Crippen molar-refractivity contribution in [2.75, 3.05) is 6.01 Å². The van der Waals surface area contributed by atoms with Crippen LogP contribution in [0.15, 0.2) is 53.0 Å². The van der Waals surface area contributed by atoms with Crippen LogP contribution in [-0.4, -0.2) is 14.4 Å². The van der Waals surface area contributed by atoms with Crippen molar-refractivity contribution >= 4 is 26.0 Å². The highest BCUT2D eigenvalue weighted by atomic mass is 79.9. The molecule has 0 amide bonds. The first-order chi connectivity index (χ1) is 9.02. The molecule has 0 fully saturated rings. The number of hydrogen-bond donors (Lipinski definition) is 0. The minimum Gasteiger partial charge on any atom is -0.380 e. The van der Waals surface area contributed by atoms with E-state index >= 15 is 0 Å². The first kappa shape index (κ1) is 14.0. The van der Waals surface area contributed by atoms with Gasteiger partial charge in [-0.25, -0.2) is 4.39 Å². The van der Waals surface area contributed by atoms with Gasteiger partial charge in [-0.1, -0.05) is 46.3 Å². The molecule has 0 atom stereocenters. The molecule has 0 bridgehead atoms. The van der Waals surface area contributed by atoms with Crippen LogP contribution in [0.4, 0.5) is 4.39 Å². The summed E-state index contributed by atoms with van der Waals surface area (Å²) in [6, 6.07) is 12.3. The number of alkyl halides is 1. The molecular formula is C13H10BrFO3S. The quantitative estimate of drug-likeness (QED) is 0.793. The molecule has 19 heavy (non-hydrogen) atoms. The lowest BCUT2D eigenvalue weighted by Gasteiger charge is -2.10. The predicted molar refractivity (Wildman–Crippen MR) is 75.1 cm³/mol. The molecule has 6 heteroatoms. The van der Waals surface area contributed by atoms with Gasteiger partial charge >= 0.3 is 10.1 Å². The number of halogens is 2. The van der Waals surface area contributed by atoms with Crippen molar-refractivity contribution in [3.63, 3.8) is 0 Å². The molecule has 0 aliphatic carbocycles. The van der Waals surface area contributed by atoms with Gasteiger partial charge in [-0.05, 0) is 23.8 Å². The van der Waals surface area contributed by atoms with Crippen molar-refractivity contribution in [2.24, 2.45) is 0 Å². The molecule has 2 aromatic carbocycles. The molecular weight excluding hydrogens is 335 g/mol. The largest absolute Gasteiger partial charge is 0.380 e. The van der Waals surface area contributed by atoms with Gasteiger partial charge < -0.3 is 4.18 Å². The van der Waals surface area contributed by atoms with Crippen molar-refractivity contribution in [1.82, 2.24) is 0 Å². The van der Waals surface area contributed by atoms with Gasteiger partial charge in [0.25, 0.3) is 0 Å². The van der Waals surface area contributed by atoms with Crippen LogP contribution in [-0.2, 0) is 10.1 Å². The van der Waals surface area contributed by atoms with Crippen LogP contribution in [0.2, 0.25) is 0 Å². The normalized spacial score (nSPS) is 11.3. The maximum atomic E-state index is 12.3. The van der Waals surface area contributed by atoms with Crippen molar-refractivity contribution in [1.29, 1.82) is 0 Å². The summed E-state index contributed by atoms with van der Waals surface area (Å²) < 4.78 is 40.4. The van der Waals surface area contributed by atoms with Crippen molar-refractivity contribution in [2.45, 2.75) is 0 Å². The number of para-hydroxylation sites is 1. The average Bonchev–Trinajstić information content (AvgIpc) is 2.40. The van der Waals surface area contributed by atoms with Crippen molar-refractivity contribution < 1.29 is 17.0 Å². The fraction of sp³-hybridized carbons (Fsp3) is 0.0769. The third-order valence-corrected chi connectivity index (χ3v) is 3.62. The zero-order valence-electron chi connectivity index (χ0n) is 9.71. The molecule has 0 aliphatic rings. The lowest BCUT2D eigenvalue weighted by molar-refractivity contribution is 0.452. The van der Waals surface area contributed by atoms with E-state index in [1.54, 1.807) is 18.2 Å². The highest BCUT2D eigenvalue weighted by Crippen LogP contribution is 2.31. The molecule has 0 heterocycles. The molecule has 0 aromatic heterocycles. The van der Waals surface area contributed by atoms with Gasteiger partial charge in [0.05, 0.1) is 0 Å². The Morgan fingerprint density at radius 3 is 2.32 bits per heavy atom. The Morgan fingerprint density at radius 2 is 1.68 bits per heavy atom. The molecule has 2 aromatic rings. The zero-order chi connectivity index (χ0) is 13.9. The fourth-order valence-corrected chi connectivity index (χ4v) is 2.29. The monoisotopic (exact) mass is 344 g/mol. The molecule has 3 nitrogen and oxygen atoms in total. The summed E-state index contributed by atoms with van der Waals surface area (Å²) in [7, 11) is -4.19. The average molecular weight is 345 g/mol. The van der Waals surface area contributed by atoms with Gasteiger partial charge in [-0.2, -0.15) is 8.42 Å². The number of rotatable bonds is 4. The molecule has 0 spiro atoms. The Morgan fingerprint density at radius 1 is 1.05 bits per heavy atom. The van der Waals surface area contributed by atoms with E-state index in [4.69, 9.17) is 4.18 Å². The van der Waals surface area contributed by atoms with E-state index in [1.165, 1.54) is 6.07 Å². The van der Waals surface area contributed by atoms with E-state index in [-0.39, 0.29) is 5.75 Å². The van der Waals surface area contributed by atoms with Crippen LogP contribution >= 0.6 is 15.9 Å². The van der Waals surface area contributed by atoms with Gasteiger partial charge in [-0.15, -0.1) is 0 Å². The molecule has 100 valence electrons. The van der Waals surface area contributed by atoms with Gasteiger partial charge in [0, 0.05) is 10.0 Å². The number of hydrogen-bond acceptors (Lipinski definition) is 3. The Bertz CT molecular complexity index is 669. The molecule has 0 radical (unpaired) electrons. The van der Waals surface area contributed by atoms with Crippen LogP contribution in [0.1, 0.15) is 0 Å². The Labute approximate surface area is 119 Å². The summed E-state index contributed by atoms with van der Waals surface area (Å²) in [6.45, 7) is 0. The van der Waals surface area contributed by atoms with Gasteiger partial charge in [0.15, 0.2) is 5.75 Å². The first-order valence-electron chi connectivity index (χ1n) is 5.35. The summed E-state index contributed by atoms with van der Waals surface area (Å²) >= 11 is 3.32. The standard InChI is InChI=1S/C13H10BrFO3S/c14-11-7-5-10(6-8-11)12-3-1-2-4-13(12)18-19(16,17)9-15/h1-8H,9H2. The maximum Gasteiger partial charge on any atom is 0.339 e. The summed E-state index contributed by atoms with van der Waals surface area (Å²) in [5.41, 5.74) is 1.37. The number of benzene rings is 2. The lowest BCUT2D eigenvalue weighted by atomic mass is 10.1. The van der Waals surface area contributed by atoms with Crippen LogP contribution in [0.25, 0.3) is 11.1 Å². The van der Waals surface area contributed by atoms with Crippen LogP contribution in [0, 0.1) is 0 Å². The Kier molecular flexibility index (Phi) is 4.21. The molecule has 0 N–H and O–H groups in total. The molecule has 0 saturated carbocycles. The molecule has 2 rings (SSSR count). The Balaban J connectivity index is 2.44. The zero-order valence-corrected chi connectivity index (χ0v) is 12.1. The first-order valence-corrected chi connectivity index (χ1v) is 7.72. The van der Waals surface area contributed by atoms with E-state index < -0.39 is 16.1 Å². The van der Waals surface area contributed by atoms with Crippen LogP contribution in [0.5, 0.6) is 5.75 Å². The summed E-state index contributed by atoms with van der Waals surface area (Å²) in [4.78, 5) is 0. The third kappa shape index (κ3) is 3.54. The smallest absolute Gasteiger partial charge is 0.339 e. The predicted octanol–water partition coefficient (Wildman–Crippen LogP) is 3.75. The second-order valence-electron chi connectivity index (χ2n) is 3.75. The second kappa shape index (κ2) is 5.71. The van der Waals surface area contributed by atoms with Crippen molar-refractivity contribution in [3.8, 4) is 16.9 Å². The minimum atomic E-state index is -4.19. The second-order valence-corrected chi connectivity index (χ2v) is 6.17. The summed E-state index contributed by atoms with van der Waals surface area (Å²) in [5.74, 6) is 0.113. The topological polar surface area (TPSA) is 43.4 Å². The highest BCUT2D eigenvalue weighted by Gasteiger charge is 2.15. The SMILES string of the molecule is O=S(=O)(CF)Oc1ccccc1-c1ccc(Br)cc1. The van der Waals surface area contributed by atoms with Crippen molar-refractivity contribution in [3.05, 3.63) is 53.0 Å². The Hall–Kier alpha value is -1.40. The molecule has 0 saturated heterocycles. The van der Waals surface area contributed by atoms with Gasteiger partial charge in [0.1, 0.15) is 0 Å². The van der Waals surface area contributed by atoms with E-state index in [0.717, 1.165) is 10.0 Å². The molecule has 0 unspecified atom stereocenters. The van der Waals surface area contributed by atoms with Gasteiger partial charge in [-0.3, -0.25) is 0 Å². The summed E-state index contributed by atoms with van der Waals surface area (Å²) in [6.07, 6.45) is 0.